The molecule has 4 rings (SSSR count). The number of nitrogens with zero attached hydrogens (tertiary/aromatic N) is 4. The molecule has 0 radical (unpaired) electrons. The quantitative estimate of drug-likeness (QED) is 0.857. The number of rotatable bonds is 3. The van der Waals surface area contributed by atoms with E-state index in [0.717, 1.165) is 0 Å². The van der Waals surface area contributed by atoms with Gasteiger partial charge in [-0.05, 0) is 30.9 Å². The van der Waals surface area contributed by atoms with Crippen molar-refractivity contribution in [2.45, 2.75) is 19.4 Å². The number of pyridine rings is 2. The van der Waals surface area contributed by atoms with Gasteiger partial charge in [-0.2, -0.15) is 5.26 Å². The van der Waals surface area contributed by atoms with Crippen LogP contribution in [0.4, 0.5) is 22.2 Å². The summed E-state index contributed by atoms with van der Waals surface area (Å²) < 4.78 is 5.02. The summed E-state index contributed by atoms with van der Waals surface area (Å²) in [6.45, 7) is 2.14. The summed E-state index contributed by atoms with van der Waals surface area (Å²) in [4.78, 5) is 33.9. The molecule has 3 unspecified atom stereocenters. The van der Waals surface area contributed by atoms with Crippen LogP contribution in [0.3, 0.4) is 0 Å². The molecule has 2 amide bonds. The molecule has 0 aromatic carbocycles. The van der Waals surface area contributed by atoms with Gasteiger partial charge in [0, 0.05) is 11.6 Å². The first kappa shape index (κ1) is 16.1. The Hall–Kier alpha value is -3.41. The first-order chi connectivity index (χ1) is 12.5. The van der Waals surface area contributed by atoms with Crippen molar-refractivity contribution in [2.75, 3.05) is 22.6 Å². The maximum absolute atomic E-state index is 12.1. The fourth-order valence-electron chi connectivity index (χ4n) is 3.03. The lowest BCUT2D eigenvalue weighted by Gasteiger charge is -2.18. The zero-order valence-corrected chi connectivity index (χ0v) is 14.0. The lowest BCUT2D eigenvalue weighted by Crippen LogP contribution is -2.31. The van der Waals surface area contributed by atoms with Gasteiger partial charge in [-0.25, -0.2) is 14.8 Å². The van der Waals surface area contributed by atoms with E-state index < -0.39 is 6.09 Å². The molecule has 1 aliphatic heterocycles. The Morgan fingerprint density at radius 2 is 2.31 bits per heavy atom. The normalized spacial score (nSPS) is 24.2. The van der Waals surface area contributed by atoms with E-state index in [1.54, 1.807) is 12.1 Å². The maximum Gasteiger partial charge on any atom is 0.415 e. The standard InChI is InChI=1S/C17H16N6O3/c1-8-7-26-17(25)23(8)14-4-9-3-13(20-6-12(9)15(19)22-14)21-16(24)11-2-10(11)5-18/h3-4,6,8,10-11H,2,7H2,1H3,(H2,19,22)(H,20,21,24). The van der Waals surface area contributed by atoms with Crippen LogP contribution < -0.4 is 16.0 Å². The third-order valence-electron chi connectivity index (χ3n) is 4.61. The van der Waals surface area contributed by atoms with Gasteiger partial charge < -0.3 is 15.8 Å². The lowest BCUT2D eigenvalue weighted by atomic mass is 10.2. The van der Waals surface area contributed by atoms with Crippen molar-refractivity contribution in [2.24, 2.45) is 11.8 Å². The van der Waals surface area contributed by atoms with Crippen molar-refractivity contribution in [1.29, 1.82) is 5.26 Å². The number of anilines is 3. The number of carbonyl (C=O) groups excluding carboxylic acids is 2. The highest BCUT2D eigenvalue weighted by Gasteiger charge is 2.43. The van der Waals surface area contributed by atoms with E-state index in [1.165, 1.54) is 11.1 Å². The predicted octanol–water partition coefficient (Wildman–Crippen LogP) is 1.66. The number of hydrogen-bond donors (Lipinski definition) is 2. The fourth-order valence-corrected chi connectivity index (χ4v) is 3.03. The number of nitrogens with two attached hydrogens (primary N) is 1. The van der Waals surface area contributed by atoms with E-state index >= 15 is 0 Å². The first-order valence-corrected chi connectivity index (χ1v) is 8.20. The van der Waals surface area contributed by atoms with Crippen molar-refractivity contribution >= 4 is 40.2 Å². The van der Waals surface area contributed by atoms with Crippen molar-refractivity contribution in [3.63, 3.8) is 0 Å². The van der Waals surface area contributed by atoms with Gasteiger partial charge in [0.05, 0.1) is 23.9 Å². The van der Waals surface area contributed by atoms with Crippen LogP contribution in [0.5, 0.6) is 0 Å². The minimum absolute atomic E-state index is 0.148. The maximum atomic E-state index is 12.1. The van der Waals surface area contributed by atoms with Crippen LogP contribution in [0, 0.1) is 23.2 Å². The number of aromatic nitrogens is 2. The first-order valence-electron chi connectivity index (χ1n) is 8.20. The zero-order valence-electron chi connectivity index (χ0n) is 14.0. The molecule has 1 saturated heterocycles. The van der Waals surface area contributed by atoms with Crippen LogP contribution in [0.15, 0.2) is 18.3 Å². The van der Waals surface area contributed by atoms with Crippen molar-refractivity contribution in [1.82, 2.24) is 9.97 Å². The minimum atomic E-state index is -0.470. The Labute approximate surface area is 148 Å². The van der Waals surface area contributed by atoms with E-state index in [0.29, 0.717) is 28.8 Å². The third-order valence-corrected chi connectivity index (χ3v) is 4.61. The molecule has 9 heteroatoms. The summed E-state index contributed by atoms with van der Waals surface area (Å²) in [5.41, 5.74) is 6.01. The SMILES string of the molecule is CC1COC(=O)N1c1cc2cc(NC(=O)C3CC3C#N)ncc2c(N)n1. The zero-order chi connectivity index (χ0) is 18.4. The topological polar surface area (TPSA) is 134 Å². The van der Waals surface area contributed by atoms with E-state index in [2.05, 4.69) is 21.4 Å². The highest BCUT2D eigenvalue weighted by molar-refractivity contribution is 5.99. The van der Waals surface area contributed by atoms with E-state index in [1.807, 2.05) is 6.92 Å². The number of amides is 2. The van der Waals surface area contributed by atoms with Crippen LogP contribution in [0.1, 0.15) is 13.3 Å². The van der Waals surface area contributed by atoms with Gasteiger partial charge in [-0.3, -0.25) is 9.69 Å². The highest BCUT2D eigenvalue weighted by Crippen LogP contribution is 2.38. The average molecular weight is 352 g/mol. The van der Waals surface area contributed by atoms with Crippen LogP contribution >= 0.6 is 0 Å². The highest BCUT2D eigenvalue weighted by atomic mass is 16.6. The molecule has 9 nitrogen and oxygen atoms in total. The Bertz CT molecular complexity index is 969. The number of nitrogens with one attached hydrogen (secondary N) is 1. The van der Waals surface area contributed by atoms with Gasteiger partial charge in [0.25, 0.3) is 0 Å². The summed E-state index contributed by atoms with van der Waals surface area (Å²) >= 11 is 0. The van der Waals surface area contributed by atoms with Crippen LogP contribution in [-0.2, 0) is 9.53 Å². The van der Waals surface area contributed by atoms with E-state index in [4.69, 9.17) is 15.7 Å². The Morgan fingerprint density at radius 3 is 2.96 bits per heavy atom. The Morgan fingerprint density at radius 1 is 1.50 bits per heavy atom. The van der Waals surface area contributed by atoms with Gasteiger partial charge in [0.2, 0.25) is 5.91 Å². The molecule has 0 bridgehead atoms. The second-order valence-corrected chi connectivity index (χ2v) is 6.52. The second kappa shape index (κ2) is 5.84. The van der Waals surface area contributed by atoms with Gasteiger partial charge in [-0.1, -0.05) is 0 Å². The van der Waals surface area contributed by atoms with Crippen molar-refractivity contribution in [3.8, 4) is 6.07 Å². The summed E-state index contributed by atoms with van der Waals surface area (Å²) in [5, 5.41) is 12.9. The molecule has 26 heavy (non-hydrogen) atoms. The summed E-state index contributed by atoms with van der Waals surface area (Å²) in [5.74, 6) is 0.268. The third kappa shape index (κ3) is 2.65. The molecule has 2 fully saturated rings. The average Bonchev–Trinajstić information content (AvgIpc) is 3.33. The summed E-state index contributed by atoms with van der Waals surface area (Å²) in [6, 6.07) is 5.32. The minimum Gasteiger partial charge on any atom is -0.447 e. The molecule has 132 valence electrons. The van der Waals surface area contributed by atoms with E-state index in [9.17, 15) is 9.59 Å². The molecule has 2 aromatic rings. The molecule has 1 saturated carbocycles. The molecular formula is C17H16N6O3. The molecule has 3 atom stereocenters. The van der Waals surface area contributed by atoms with Gasteiger partial charge in [0.1, 0.15) is 24.1 Å². The molecule has 1 aliphatic carbocycles. The number of fused-ring (bicyclic) bond motifs is 1. The number of nitrogen functional groups attached to an aromatic ring is 1. The number of ether oxygens (including phenoxy) is 1. The van der Waals surface area contributed by atoms with Crippen LogP contribution in [-0.4, -0.2) is 34.6 Å². The number of carbonyl (C=O) groups is 2. The number of cyclic esters (lactones) is 1. The molecule has 3 N–H and O–H groups in total. The molecule has 2 aliphatic rings. The second-order valence-electron chi connectivity index (χ2n) is 6.52. The predicted molar refractivity (Wildman–Crippen MR) is 93.1 cm³/mol. The molecule has 3 heterocycles. The molecule has 0 spiro atoms. The van der Waals surface area contributed by atoms with Crippen LogP contribution in [0.2, 0.25) is 0 Å². The molecule has 2 aromatic heterocycles. The number of nitriles is 1. The van der Waals surface area contributed by atoms with Gasteiger partial charge >= 0.3 is 6.09 Å². The summed E-state index contributed by atoms with van der Waals surface area (Å²) in [6.07, 6.45) is 1.63. The summed E-state index contributed by atoms with van der Waals surface area (Å²) in [7, 11) is 0. The fraction of sp³-hybridized carbons (Fsp3) is 0.353. The van der Waals surface area contributed by atoms with E-state index in [-0.39, 0.29) is 36.2 Å². The van der Waals surface area contributed by atoms with Crippen molar-refractivity contribution in [3.05, 3.63) is 18.3 Å². The number of hydrogen-bond acceptors (Lipinski definition) is 7. The lowest BCUT2D eigenvalue weighted by molar-refractivity contribution is -0.117. The smallest absolute Gasteiger partial charge is 0.415 e. The Kier molecular flexibility index (Phi) is 3.61. The Balaban J connectivity index is 1.65. The van der Waals surface area contributed by atoms with Crippen molar-refractivity contribution < 1.29 is 14.3 Å². The molecular weight excluding hydrogens is 336 g/mol. The van der Waals surface area contributed by atoms with Crippen LogP contribution in [0.25, 0.3) is 10.8 Å². The van der Waals surface area contributed by atoms with Gasteiger partial charge in [-0.15, -0.1) is 0 Å². The largest absolute Gasteiger partial charge is 0.447 e. The monoisotopic (exact) mass is 352 g/mol. The van der Waals surface area contributed by atoms with Gasteiger partial charge in [0.15, 0.2) is 0 Å².